The third-order valence-electron chi connectivity index (χ3n) is 4.83. The maximum atomic E-state index is 12.7. The van der Waals surface area contributed by atoms with Crippen LogP contribution in [0, 0.1) is 17.8 Å². The van der Waals surface area contributed by atoms with Crippen LogP contribution in [-0.2, 0) is 9.53 Å². The van der Waals surface area contributed by atoms with Gasteiger partial charge in [0.25, 0.3) is 0 Å². The van der Waals surface area contributed by atoms with Crippen molar-refractivity contribution in [2.24, 2.45) is 17.8 Å². The molecule has 6 nitrogen and oxygen atoms in total. The lowest BCUT2D eigenvalue weighted by atomic mass is 10.0. The van der Waals surface area contributed by atoms with E-state index in [-0.39, 0.29) is 11.8 Å². The first-order valence-corrected chi connectivity index (χ1v) is 8.72. The maximum Gasteiger partial charge on any atom is 0.407 e. The highest BCUT2D eigenvalue weighted by molar-refractivity contribution is 5.86. The van der Waals surface area contributed by atoms with Gasteiger partial charge < -0.3 is 19.9 Å². The molecule has 2 amide bonds. The van der Waals surface area contributed by atoms with Gasteiger partial charge in [-0.2, -0.15) is 0 Å². The fraction of sp³-hybridized carbons (Fsp3) is 0.882. The Morgan fingerprint density at radius 2 is 1.87 bits per heavy atom. The molecule has 1 saturated carbocycles. The second-order valence-electron chi connectivity index (χ2n) is 7.46. The molecule has 0 spiro atoms. The second-order valence-corrected chi connectivity index (χ2v) is 7.46. The van der Waals surface area contributed by atoms with Gasteiger partial charge in [0.05, 0.1) is 7.11 Å². The molecule has 2 rings (SSSR count). The zero-order valence-corrected chi connectivity index (χ0v) is 14.9. The lowest BCUT2D eigenvalue weighted by molar-refractivity contribution is -0.133. The number of alkyl carbamates (subject to hydrolysis) is 1. The van der Waals surface area contributed by atoms with Crippen LogP contribution >= 0.6 is 0 Å². The van der Waals surface area contributed by atoms with Gasteiger partial charge in [-0.1, -0.05) is 13.8 Å². The van der Waals surface area contributed by atoms with E-state index >= 15 is 0 Å². The molecule has 0 aromatic rings. The molecule has 0 aromatic heterocycles. The van der Waals surface area contributed by atoms with E-state index in [1.807, 2.05) is 18.7 Å². The molecule has 23 heavy (non-hydrogen) atoms. The van der Waals surface area contributed by atoms with Crippen molar-refractivity contribution in [1.29, 1.82) is 0 Å². The molecular weight excluding hydrogens is 294 g/mol. The smallest absolute Gasteiger partial charge is 0.407 e. The van der Waals surface area contributed by atoms with E-state index in [1.54, 1.807) is 0 Å². The summed E-state index contributed by atoms with van der Waals surface area (Å²) in [5.41, 5.74) is 0. The van der Waals surface area contributed by atoms with Crippen LogP contribution in [0.2, 0.25) is 0 Å². The first-order chi connectivity index (χ1) is 10.9. The van der Waals surface area contributed by atoms with Gasteiger partial charge in [0.1, 0.15) is 6.04 Å². The van der Waals surface area contributed by atoms with Crippen molar-refractivity contribution in [2.75, 3.05) is 40.3 Å². The van der Waals surface area contributed by atoms with Crippen molar-refractivity contribution >= 4 is 12.0 Å². The average Bonchev–Trinajstić information content (AvgIpc) is 3.18. The predicted molar refractivity (Wildman–Crippen MR) is 89.1 cm³/mol. The van der Waals surface area contributed by atoms with E-state index in [9.17, 15) is 9.59 Å². The minimum atomic E-state index is -0.544. The highest BCUT2D eigenvalue weighted by Gasteiger charge is 2.34. The van der Waals surface area contributed by atoms with E-state index in [2.05, 4.69) is 22.0 Å². The summed E-state index contributed by atoms with van der Waals surface area (Å²) >= 11 is 0. The van der Waals surface area contributed by atoms with Crippen molar-refractivity contribution in [2.45, 2.75) is 39.2 Å². The van der Waals surface area contributed by atoms with Gasteiger partial charge in [0.15, 0.2) is 0 Å². The van der Waals surface area contributed by atoms with Crippen LogP contribution in [0.25, 0.3) is 0 Å². The van der Waals surface area contributed by atoms with Crippen molar-refractivity contribution < 1.29 is 14.3 Å². The Bertz CT molecular complexity index is 423. The van der Waals surface area contributed by atoms with Crippen LogP contribution in [0.15, 0.2) is 0 Å². The Labute approximate surface area is 139 Å². The van der Waals surface area contributed by atoms with Crippen molar-refractivity contribution in [3.05, 3.63) is 0 Å². The number of ether oxygens (including phenoxy) is 1. The normalized spacial score (nSPS) is 22.5. The zero-order valence-electron chi connectivity index (χ0n) is 14.9. The Balaban J connectivity index is 1.82. The molecule has 2 fully saturated rings. The number of methoxy groups -OCH3 is 1. The summed E-state index contributed by atoms with van der Waals surface area (Å²) in [6.45, 7) is 7.69. The van der Waals surface area contributed by atoms with Crippen molar-refractivity contribution in [3.63, 3.8) is 0 Å². The second kappa shape index (κ2) is 7.99. The summed E-state index contributed by atoms with van der Waals surface area (Å²) in [5.74, 6) is 1.48. The van der Waals surface area contributed by atoms with Gasteiger partial charge in [-0.05, 0) is 44.1 Å². The van der Waals surface area contributed by atoms with E-state index in [0.29, 0.717) is 5.92 Å². The number of hydrogen-bond acceptors (Lipinski definition) is 4. The largest absolute Gasteiger partial charge is 0.453 e. The summed E-state index contributed by atoms with van der Waals surface area (Å²) in [5, 5.41) is 2.67. The number of likely N-dealkylation sites (tertiary alicyclic amines) is 1. The number of nitrogens with one attached hydrogen (secondary N) is 1. The lowest BCUT2D eigenvalue weighted by Gasteiger charge is -2.27. The number of rotatable bonds is 7. The minimum absolute atomic E-state index is 0.0118. The molecule has 1 N–H and O–H groups in total. The quantitative estimate of drug-likeness (QED) is 0.771. The molecule has 1 aliphatic heterocycles. The topological polar surface area (TPSA) is 61.9 Å². The molecular formula is C17H31N3O3. The number of nitrogens with zero attached hydrogens (tertiary/aromatic N) is 2. The van der Waals surface area contributed by atoms with Crippen LogP contribution in [0.4, 0.5) is 4.79 Å². The van der Waals surface area contributed by atoms with Crippen molar-refractivity contribution in [3.8, 4) is 0 Å². The molecule has 0 aromatic carbocycles. The molecule has 1 aliphatic carbocycles. The number of carbonyl (C=O) groups is 2. The minimum Gasteiger partial charge on any atom is -0.453 e. The van der Waals surface area contributed by atoms with Crippen LogP contribution < -0.4 is 5.32 Å². The SMILES string of the molecule is COC(=O)N[C@H](C(=O)N1CC[C@@H](CN(C)CC2CC2)C1)C(C)C. The molecule has 6 heteroatoms. The molecule has 0 unspecified atom stereocenters. The summed E-state index contributed by atoms with van der Waals surface area (Å²) in [6.07, 6.45) is 3.24. The fourth-order valence-corrected chi connectivity index (χ4v) is 3.33. The van der Waals surface area contributed by atoms with E-state index in [1.165, 1.54) is 26.5 Å². The maximum absolute atomic E-state index is 12.7. The van der Waals surface area contributed by atoms with Crippen molar-refractivity contribution in [1.82, 2.24) is 15.1 Å². The highest BCUT2D eigenvalue weighted by atomic mass is 16.5. The lowest BCUT2D eigenvalue weighted by Crippen LogP contribution is -2.50. The van der Waals surface area contributed by atoms with Gasteiger partial charge in [-0.3, -0.25) is 4.79 Å². The molecule has 132 valence electrons. The van der Waals surface area contributed by atoms with Gasteiger partial charge in [-0.15, -0.1) is 0 Å². The van der Waals surface area contributed by atoms with Crippen LogP contribution in [0.5, 0.6) is 0 Å². The standard InChI is InChI=1S/C17H31N3O3/c1-12(2)15(18-17(22)23-4)16(21)20-8-7-14(11-20)10-19(3)9-13-5-6-13/h12-15H,5-11H2,1-4H3,(H,18,22)/t14-,15-/m0/s1. The molecule has 0 radical (unpaired) electrons. The number of amides is 2. The molecule has 1 heterocycles. The third-order valence-corrected chi connectivity index (χ3v) is 4.83. The van der Waals surface area contributed by atoms with Crippen LogP contribution in [0.3, 0.4) is 0 Å². The Hall–Kier alpha value is -1.30. The van der Waals surface area contributed by atoms with Crippen LogP contribution in [-0.4, -0.2) is 68.2 Å². The number of hydrogen-bond donors (Lipinski definition) is 1. The van der Waals surface area contributed by atoms with Gasteiger partial charge in [0, 0.05) is 26.2 Å². The summed E-state index contributed by atoms with van der Waals surface area (Å²) in [7, 11) is 3.50. The van der Waals surface area contributed by atoms with Crippen LogP contribution in [0.1, 0.15) is 33.1 Å². The number of carbonyl (C=O) groups excluding carboxylic acids is 2. The monoisotopic (exact) mass is 325 g/mol. The first-order valence-electron chi connectivity index (χ1n) is 8.72. The fourth-order valence-electron chi connectivity index (χ4n) is 3.33. The predicted octanol–water partition coefficient (Wildman–Crippen LogP) is 1.56. The summed E-state index contributed by atoms with van der Waals surface area (Å²) in [4.78, 5) is 28.5. The highest BCUT2D eigenvalue weighted by Crippen LogP contribution is 2.30. The summed E-state index contributed by atoms with van der Waals surface area (Å²) < 4.78 is 4.63. The molecule has 0 bridgehead atoms. The van der Waals surface area contributed by atoms with Gasteiger partial charge in [-0.25, -0.2) is 4.79 Å². The average molecular weight is 325 g/mol. The van der Waals surface area contributed by atoms with E-state index < -0.39 is 12.1 Å². The summed E-state index contributed by atoms with van der Waals surface area (Å²) in [6, 6.07) is -0.509. The molecule has 2 atom stereocenters. The Morgan fingerprint density at radius 3 is 2.43 bits per heavy atom. The third kappa shape index (κ3) is 5.37. The molecule has 2 aliphatic rings. The van der Waals surface area contributed by atoms with E-state index in [0.717, 1.165) is 32.0 Å². The Morgan fingerprint density at radius 1 is 1.22 bits per heavy atom. The van der Waals surface area contributed by atoms with Gasteiger partial charge >= 0.3 is 6.09 Å². The zero-order chi connectivity index (χ0) is 17.0. The Kier molecular flexibility index (Phi) is 6.27. The molecule has 1 saturated heterocycles. The first kappa shape index (κ1) is 18.0. The van der Waals surface area contributed by atoms with E-state index in [4.69, 9.17) is 0 Å². The van der Waals surface area contributed by atoms with Gasteiger partial charge in [0.2, 0.25) is 5.91 Å².